The summed E-state index contributed by atoms with van der Waals surface area (Å²) in [6.45, 7) is 0. The Hall–Kier alpha value is -2.91. The average molecular weight is 315 g/mol. The van der Waals surface area contributed by atoms with Crippen LogP contribution in [0, 0.1) is 0 Å². The van der Waals surface area contributed by atoms with Gasteiger partial charge in [0.05, 0.1) is 5.69 Å². The molecule has 1 aliphatic rings. The maximum absolute atomic E-state index is 12.9. The van der Waals surface area contributed by atoms with E-state index in [1.165, 1.54) is 0 Å². The van der Waals surface area contributed by atoms with Crippen molar-refractivity contribution in [1.82, 2.24) is 0 Å². The number of aliphatic hydroxyl groups excluding tert-OH is 1. The van der Waals surface area contributed by atoms with Gasteiger partial charge in [0.15, 0.2) is 0 Å². The van der Waals surface area contributed by atoms with Crippen LogP contribution in [0.3, 0.4) is 0 Å². The van der Waals surface area contributed by atoms with E-state index in [1.54, 1.807) is 4.90 Å². The number of rotatable bonds is 2. The minimum Gasteiger partial charge on any atom is -0.382 e. The Morgan fingerprint density at radius 2 is 1.33 bits per heavy atom. The van der Waals surface area contributed by atoms with Crippen molar-refractivity contribution in [1.29, 1.82) is 0 Å². The summed E-state index contributed by atoms with van der Waals surface area (Å²) in [5, 5.41) is 10.8. The molecule has 0 spiro atoms. The van der Waals surface area contributed by atoms with Crippen molar-refractivity contribution in [3.05, 3.63) is 96.1 Å². The Morgan fingerprint density at radius 3 is 2.04 bits per heavy atom. The molecule has 24 heavy (non-hydrogen) atoms. The van der Waals surface area contributed by atoms with Crippen LogP contribution in [-0.2, 0) is 4.79 Å². The lowest BCUT2D eigenvalue weighted by Gasteiger charge is -2.37. The maximum Gasteiger partial charge on any atom is 0.261 e. The number of carbonyl (C=O) groups is 1. The zero-order valence-corrected chi connectivity index (χ0v) is 13.0. The van der Waals surface area contributed by atoms with Gasteiger partial charge < -0.3 is 5.11 Å². The molecule has 1 amide bonds. The van der Waals surface area contributed by atoms with E-state index in [9.17, 15) is 9.90 Å². The summed E-state index contributed by atoms with van der Waals surface area (Å²) in [4.78, 5) is 14.6. The zero-order chi connectivity index (χ0) is 16.5. The van der Waals surface area contributed by atoms with Gasteiger partial charge in [-0.1, -0.05) is 66.7 Å². The molecule has 1 aliphatic heterocycles. The molecule has 0 aromatic heterocycles. The minimum absolute atomic E-state index is 0.297. The molecule has 3 heteroatoms. The van der Waals surface area contributed by atoms with Gasteiger partial charge in [-0.2, -0.15) is 0 Å². The number of para-hydroxylation sites is 2. The normalized spacial score (nSPS) is 19.9. The van der Waals surface area contributed by atoms with Crippen molar-refractivity contribution in [2.45, 2.75) is 12.0 Å². The predicted octanol–water partition coefficient (Wildman–Crippen LogP) is 3.86. The highest BCUT2D eigenvalue weighted by Crippen LogP contribution is 2.42. The first-order valence-corrected chi connectivity index (χ1v) is 7.98. The second-order valence-electron chi connectivity index (χ2n) is 5.90. The molecular formula is C21H17NO2. The lowest BCUT2D eigenvalue weighted by molar-refractivity contribution is -0.127. The van der Waals surface area contributed by atoms with E-state index in [0.717, 1.165) is 22.5 Å². The Morgan fingerprint density at radius 1 is 0.750 bits per heavy atom. The van der Waals surface area contributed by atoms with Gasteiger partial charge in [-0.3, -0.25) is 9.69 Å². The topological polar surface area (TPSA) is 40.5 Å². The standard InChI is InChI=1S/C21H17NO2/c23-20-19(15-9-3-1-4-10-15)17-13-7-8-14-18(17)22(21(20)24)16-11-5-2-6-12-16/h1-14,19-20,23H/t19-,20+/m1/s1. The van der Waals surface area contributed by atoms with E-state index in [4.69, 9.17) is 0 Å². The van der Waals surface area contributed by atoms with Gasteiger partial charge in [0.1, 0.15) is 6.10 Å². The monoisotopic (exact) mass is 315 g/mol. The number of fused-ring (bicyclic) bond motifs is 1. The van der Waals surface area contributed by atoms with Crippen LogP contribution in [0.25, 0.3) is 0 Å². The van der Waals surface area contributed by atoms with Crippen molar-refractivity contribution in [3.63, 3.8) is 0 Å². The molecule has 0 radical (unpaired) electrons. The molecule has 3 nitrogen and oxygen atoms in total. The number of anilines is 2. The molecule has 0 aliphatic carbocycles. The lowest BCUT2D eigenvalue weighted by atomic mass is 9.82. The van der Waals surface area contributed by atoms with Crippen LogP contribution in [0.2, 0.25) is 0 Å². The van der Waals surface area contributed by atoms with E-state index < -0.39 is 6.10 Å². The number of carbonyl (C=O) groups excluding carboxylic acids is 1. The number of hydrogen-bond donors (Lipinski definition) is 1. The molecular weight excluding hydrogens is 298 g/mol. The van der Waals surface area contributed by atoms with Crippen LogP contribution in [-0.4, -0.2) is 17.1 Å². The highest BCUT2D eigenvalue weighted by atomic mass is 16.3. The molecule has 118 valence electrons. The Bertz CT molecular complexity index is 861. The average Bonchev–Trinajstić information content (AvgIpc) is 2.64. The van der Waals surface area contributed by atoms with Crippen molar-refractivity contribution in [2.75, 3.05) is 4.90 Å². The number of aliphatic hydroxyl groups is 1. The van der Waals surface area contributed by atoms with Crippen molar-refractivity contribution < 1.29 is 9.90 Å². The second kappa shape index (κ2) is 5.95. The largest absolute Gasteiger partial charge is 0.382 e. The molecule has 0 saturated heterocycles. The Balaban J connectivity index is 1.90. The van der Waals surface area contributed by atoms with Crippen LogP contribution in [0.1, 0.15) is 17.0 Å². The number of nitrogens with zero attached hydrogens (tertiary/aromatic N) is 1. The van der Waals surface area contributed by atoms with E-state index in [-0.39, 0.29) is 11.8 Å². The molecule has 1 N–H and O–H groups in total. The summed E-state index contributed by atoms with van der Waals surface area (Å²) in [5.41, 5.74) is 3.49. The van der Waals surface area contributed by atoms with Gasteiger partial charge in [-0.25, -0.2) is 0 Å². The summed E-state index contributed by atoms with van der Waals surface area (Å²) in [6, 6.07) is 26.9. The second-order valence-corrected chi connectivity index (χ2v) is 5.90. The zero-order valence-electron chi connectivity index (χ0n) is 13.0. The quantitative estimate of drug-likeness (QED) is 0.780. The van der Waals surface area contributed by atoms with Gasteiger partial charge in [0, 0.05) is 11.6 Å². The molecule has 4 rings (SSSR count). The number of amides is 1. The summed E-state index contributed by atoms with van der Waals surface area (Å²) >= 11 is 0. The molecule has 0 saturated carbocycles. The fourth-order valence-electron chi connectivity index (χ4n) is 3.38. The van der Waals surface area contributed by atoms with E-state index in [1.807, 2.05) is 84.9 Å². The summed E-state index contributed by atoms with van der Waals surface area (Å²) in [7, 11) is 0. The van der Waals surface area contributed by atoms with Gasteiger partial charge in [0.2, 0.25) is 0 Å². The van der Waals surface area contributed by atoms with Gasteiger partial charge in [-0.15, -0.1) is 0 Å². The summed E-state index contributed by atoms with van der Waals surface area (Å²) in [5.74, 6) is -0.649. The molecule has 2 atom stereocenters. The van der Waals surface area contributed by atoms with E-state index in [2.05, 4.69) is 0 Å². The Labute approximate surface area is 140 Å². The third-order valence-corrected chi connectivity index (χ3v) is 4.47. The SMILES string of the molecule is O=C1[C@@H](O)[C@H](c2ccccc2)c2ccccc2N1c1ccccc1. The minimum atomic E-state index is -1.11. The first-order chi connectivity index (χ1) is 11.8. The van der Waals surface area contributed by atoms with Crippen LogP contribution in [0.4, 0.5) is 11.4 Å². The maximum atomic E-state index is 12.9. The summed E-state index contributed by atoms with van der Waals surface area (Å²) < 4.78 is 0. The van der Waals surface area contributed by atoms with Crippen LogP contribution < -0.4 is 4.90 Å². The highest BCUT2D eigenvalue weighted by Gasteiger charge is 2.40. The molecule has 0 unspecified atom stereocenters. The van der Waals surface area contributed by atoms with Crippen molar-refractivity contribution >= 4 is 17.3 Å². The fourth-order valence-corrected chi connectivity index (χ4v) is 3.38. The van der Waals surface area contributed by atoms with Gasteiger partial charge >= 0.3 is 0 Å². The lowest BCUT2D eigenvalue weighted by Crippen LogP contribution is -2.44. The van der Waals surface area contributed by atoms with Gasteiger partial charge in [-0.05, 0) is 29.3 Å². The van der Waals surface area contributed by atoms with Crippen molar-refractivity contribution in [2.24, 2.45) is 0 Å². The van der Waals surface area contributed by atoms with Crippen LogP contribution in [0.15, 0.2) is 84.9 Å². The fraction of sp³-hybridized carbons (Fsp3) is 0.0952. The number of hydrogen-bond acceptors (Lipinski definition) is 2. The molecule has 1 heterocycles. The molecule has 0 bridgehead atoms. The Kier molecular flexibility index (Phi) is 3.63. The summed E-state index contributed by atoms with van der Waals surface area (Å²) in [6.07, 6.45) is -1.11. The highest BCUT2D eigenvalue weighted by molar-refractivity contribution is 6.06. The third kappa shape index (κ3) is 2.30. The van der Waals surface area contributed by atoms with Crippen LogP contribution >= 0.6 is 0 Å². The molecule has 3 aromatic carbocycles. The third-order valence-electron chi connectivity index (χ3n) is 4.47. The number of benzene rings is 3. The van der Waals surface area contributed by atoms with Crippen molar-refractivity contribution in [3.8, 4) is 0 Å². The first kappa shape index (κ1) is 14.7. The van der Waals surface area contributed by atoms with Gasteiger partial charge in [0.25, 0.3) is 5.91 Å². The van der Waals surface area contributed by atoms with E-state index >= 15 is 0 Å². The first-order valence-electron chi connectivity index (χ1n) is 7.98. The molecule has 3 aromatic rings. The molecule has 0 fully saturated rings. The predicted molar refractivity (Wildman–Crippen MR) is 94.3 cm³/mol. The smallest absolute Gasteiger partial charge is 0.261 e. The van der Waals surface area contributed by atoms with E-state index in [0.29, 0.717) is 0 Å². The van der Waals surface area contributed by atoms with Crippen LogP contribution in [0.5, 0.6) is 0 Å².